The molecular weight excluding hydrogens is 559 g/mol. The SMILES string of the molecule is CCCCC1=C[CH]([Zr]([CH3])([CH3])([CH3])([CH3])([CH]2C=Cc3c2ccc2ccccc32)=[Si]([SiH3])[SiH3])C=C1.[Cl-].[Cl-]. The molecule has 0 radical (unpaired) electrons. The molecule has 2 aromatic rings. The van der Waals surface area contributed by atoms with Gasteiger partial charge in [-0.15, -0.1) is 0 Å². The van der Waals surface area contributed by atoms with E-state index in [1.54, 1.807) is 11.1 Å². The van der Waals surface area contributed by atoms with Crippen LogP contribution in [0.3, 0.4) is 0 Å². The molecule has 0 aromatic heterocycles. The summed E-state index contributed by atoms with van der Waals surface area (Å²) in [4.78, 5) is 0. The van der Waals surface area contributed by atoms with Gasteiger partial charge in [-0.05, 0) is 0 Å². The summed E-state index contributed by atoms with van der Waals surface area (Å²) in [6.07, 6.45) is 16.9. The summed E-state index contributed by atoms with van der Waals surface area (Å²) in [5.41, 5.74) is 4.74. The van der Waals surface area contributed by atoms with Crippen LogP contribution in [0.1, 0.15) is 40.9 Å². The summed E-state index contributed by atoms with van der Waals surface area (Å²) >= 11 is -4.24. The van der Waals surface area contributed by atoms with Gasteiger partial charge in [-0.2, -0.15) is 0 Å². The third-order valence-electron chi connectivity index (χ3n) is 10.4. The van der Waals surface area contributed by atoms with Gasteiger partial charge < -0.3 is 24.8 Å². The minimum absolute atomic E-state index is 0. The van der Waals surface area contributed by atoms with E-state index in [1.807, 2.05) is 0 Å². The number of hydrogen-bond acceptors (Lipinski definition) is 0. The predicted octanol–water partition coefficient (Wildman–Crippen LogP) is 0.0597. The number of halogens is 2. The molecule has 0 saturated heterocycles. The number of unbranched alkanes of at least 4 members (excludes halogenated alkanes) is 1. The van der Waals surface area contributed by atoms with Gasteiger partial charge in [-0.3, -0.25) is 0 Å². The maximum absolute atomic E-state index is 4.24. The number of hydrogen-bond donors (Lipinski definition) is 0. The Hall–Kier alpha value is 0.0338. The molecule has 0 amide bonds. The molecule has 2 atom stereocenters. The Balaban J connectivity index is 0.00000181. The molecule has 0 N–H and O–H groups in total. The van der Waals surface area contributed by atoms with E-state index in [2.05, 4.69) is 92.2 Å². The fourth-order valence-corrected chi connectivity index (χ4v) is 55.8. The zero-order valence-electron chi connectivity index (χ0n) is 20.9. The summed E-state index contributed by atoms with van der Waals surface area (Å²) < 4.78 is 12.4. The van der Waals surface area contributed by atoms with Crippen LogP contribution in [-0.4, -0.2) is 24.0 Å². The standard InChI is InChI=1S/C13H9.C9H13.4CH3.2ClH.H6Si3.Zr/c1-2-6-12-10(4-1)8-9-11-5-3-7-13(11)12;1-2-3-6-9-7-4-5-8-9;;;;;;;1-3-2;/h1-9H;4-5,7-8H,2-3,6H2,1H3;4*1H3;2*1H;1-2H3;/p-2. The van der Waals surface area contributed by atoms with Gasteiger partial charge in [0.05, 0.1) is 0 Å². The summed E-state index contributed by atoms with van der Waals surface area (Å²) in [7, 11) is 2.79. The first-order chi connectivity index (χ1) is 13.9. The van der Waals surface area contributed by atoms with Gasteiger partial charge in [-0.25, -0.2) is 0 Å². The third kappa shape index (κ3) is 3.76. The molecule has 2 aromatic carbocycles. The maximum atomic E-state index is 2.87. The Labute approximate surface area is 207 Å². The molecule has 32 heavy (non-hydrogen) atoms. The number of rotatable bonds is 5. The number of fused-ring (bicyclic) bond motifs is 3. The van der Waals surface area contributed by atoms with Crippen LogP contribution in [0.5, 0.6) is 0 Å². The zero-order chi connectivity index (χ0) is 21.9. The molecule has 0 spiro atoms. The second-order valence-corrected chi connectivity index (χ2v) is 105. The monoisotopic (exact) mass is 596 g/mol. The fourth-order valence-electron chi connectivity index (χ4n) is 6.22. The van der Waals surface area contributed by atoms with Crippen LogP contribution in [0.25, 0.3) is 16.8 Å². The van der Waals surface area contributed by atoms with E-state index < -0.39 is 14.4 Å². The molecule has 0 fully saturated rings. The minimum atomic E-state index is -4.24. The summed E-state index contributed by atoms with van der Waals surface area (Å²) in [6.45, 7) is 2.31. The Morgan fingerprint density at radius 1 is 0.906 bits per heavy atom. The van der Waals surface area contributed by atoms with Gasteiger partial charge >= 0.3 is 185 Å². The van der Waals surface area contributed by atoms with E-state index >= 15 is 0 Å². The average Bonchev–Trinajstić information content (AvgIpc) is 3.35. The Kier molecular flexibility index (Phi) is 7.10. The minimum Gasteiger partial charge on any atom is -1.00 e. The molecule has 0 nitrogen and oxygen atoms in total. The van der Waals surface area contributed by atoms with Crippen LogP contribution >= 0.6 is 0 Å². The third-order valence-corrected chi connectivity index (χ3v) is 167. The Bertz CT molecular complexity index is 1270. The van der Waals surface area contributed by atoms with E-state index in [4.69, 9.17) is 0 Å². The van der Waals surface area contributed by atoms with Gasteiger partial charge in [0.25, 0.3) is 0 Å². The molecule has 0 saturated carbocycles. The molecule has 4 rings (SSSR count). The molecule has 0 heterocycles. The van der Waals surface area contributed by atoms with E-state index in [9.17, 15) is 0 Å². The summed E-state index contributed by atoms with van der Waals surface area (Å²) in [6, 6.07) is 13.8. The first-order valence-electron chi connectivity index (χ1n) is 11.9. The van der Waals surface area contributed by atoms with Crippen LogP contribution < -0.4 is 24.8 Å². The van der Waals surface area contributed by atoms with Crippen molar-refractivity contribution in [1.29, 1.82) is 0 Å². The van der Waals surface area contributed by atoms with Crippen molar-refractivity contribution >= 4 is 40.8 Å². The summed E-state index contributed by atoms with van der Waals surface area (Å²) in [5, 5.41) is 2.81. The topological polar surface area (TPSA) is 0 Å². The van der Waals surface area contributed by atoms with Crippen molar-refractivity contribution in [3.63, 3.8) is 0 Å². The van der Waals surface area contributed by atoms with E-state index in [0.717, 1.165) is 0 Å². The first-order valence-corrected chi connectivity index (χ1v) is 36.8. The molecular formula is C26H40Cl2Si3Zr-2. The Morgan fingerprint density at radius 3 is 2.25 bits per heavy atom. The van der Waals surface area contributed by atoms with Crippen molar-refractivity contribution in [3.8, 4) is 0 Å². The van der Waals surface area contributed by atoms with Crippen molar-refractivity contribution in [3.05, 3.63) is 77.4 Å². The van der Waals surface area contributed by atoms with E-state index in [1.165, 1.54) is 55.1 Å². The molecule has 0 aliphatic heterocycles. The predicted molar refractivity (Wildman–Crippen MR) is 145 cm³/mol. The molecule has 2 unspecified atom stereocenters. The number of allylic oxidation sites excluding steroid dienone is 5. The van der Waals surface area contributed by atoms with Crippen molar-refractivity contribution < 1.29 is 39.2 Å². The maximum Gasteiger partial charge on any atom is -1.00 e. The van der Waals surface area contributed by atoms with Gasteiger partial charge in [0.2, 0.25) is 0 Å². The van der Waals surface area contributed by atoms with Gasteiger partial charge in [0, 0.05) is 0 Å². The molecule has 176 valence electrons. The van der Waals surface area contributed by atoms with Gasteiger partial charge in [-0.1, -0.05) is 0 Å². The molecule has 2 aliphatic rings. The number of benzene rings is 2. The van der Waals surface area contributed by atoms with Gasteiger partial charge in [0.1, 0.15) is 0 Å². The van der Waals surface area contributed by atoms with Crippen LogP contribution in [0.4, 0.5) is 0 Å². The summed E-state index contributed by atoms with van der Waals surface area (Å²) in [5.74, 6) is 0. The normalized spacial score (nSPS) is 22.8. The van der Waals surface area contributed by atoms with Gasteiger partial charge in [0.15, 0.2) is 0 Å². The quantitative estimate of drug-likeness (QED) is 0.428. The van der Waals surface area contributed by atoms with Crippen LogP contribution in [-0.2, 0) is 14.4 Å². The second-order valence-electron chi connectivity index (χ2n) is 14.1. The van der Waals surface area contributed by atoms with Crippen molar-refractivity contribution in [1.82, 2.24) is 0 Å². The smallest absolute Gasteiger partial charge is 1.00 e. The molecule has 2 aliphatic carbocycles. The van der Waals surface area contributed by atoms with E-state index in [0.29, 0.717) is 7.25 Å². The van der Waals surface area contributed by atoms with E-state index in [-0.39, 0.29) is 29.3 Å². The molecule has 0 bridgehead atoms. The fraction of sp³-hybridized carbons (Fsp3) is 0.385. The van der Waals surface area contributed by atoms with Crippen molar-refractivity contribution in [2.24, 2.45) is 0 Å². The van der Waals surface area contributed by atoms with Crippen LogP contribution in [0, 0.1) is 0 Å². The van der Waals surface area contributed by atoms with Crippen molar-refractivity contribution in [2.45, 2.75) is 52.0 Å². The van der Waals surface area contributed by atoms with Crippen molar-refractivity contribution in [2.75, 3.05) is 0 Å². The van der Waals surface area contributed by atoms with Crippen LogP contribution in [0.15, 0.2) is 66.3 Å². The largest absolute Gasteiger partial charge is 1.00 e. The Morgan fingerprint density at radius 2 is 1.59 bits per heavy atom. The molecule has 6 heteroatoms. The zero-order valence-corrected chi connectivity index (χ0v) is 29.9. The van der Waals surface area contributed by atoms with Crippen LogP contribution in [0.2, 0.25) is 22.2 Å². The second kappa shape index (κ2) is 8.03. The first kappa shape index (κ1) is 28.3. The average molecular weight is 599 g/mol.